The Kier molecular flexibility index (Phi) is 3.46. The second kappa shape index (κ2) is 4.86. The lowest BCUT2D eigenvalue weighted by molar-refractivity contribution is 0.559. The summed E-state index contributed by atoms with van der Waals surface area (Å²) in [4.78, 5) is 0. The summed E-state index contributed by atoms with van der Waals surface area (Å²) in [5.41, 5.74) is 0.729. The quantitative estimate of drug-likeness (QED) is 0.859. The second-order valence-corrected chi connectivity index (χ2v) is 6.06. The molecule has 1 unspecified atom stereocenters. The zero-order valence-electron chi connectivity index (χ0n) is 9.33. The fourth-order valence-corrected chi connectivity index (χ4v) is 3.03. The van der Waals surface area contributed by atoms with Crippen LogP contribution in [-0.4, -0.2) is 14.5 Å². The third-order valence-electron chi connectivity index (χ3n) is 2.74. The highest BCUT2D eigenvalue weighted by Gasteiger charge is 2.33. The maximum atomic E-state index is 11.8. The van der Waals surface area contributed by atoms with Crippen LogP contribution in [0.2, 0.25) is 0 Å². The fraction of sp³-hybridized carbons (Fsp3) is 0.417. The third-order valence-corrected chi connectivity index (χ3v) is 4.06. The van der Waals surface area contributed by atoms with Crippen molar-refractivity contribution in [1.82, 2.24) is 4.72 Å². The fourth-order valence-electron chi connectivity index (χ4n) is 1.69. The van der Waals surface area contributed by atoms with Gasteiger partial charge in [-0.15, -0.1) is 0 Å². The van der Waals surface area contributed by atoms with Crippen molar-refractivity contribution in [1.29, 1.82) is 5.26 Å². The zero-order chi connectivity index (χ0) is 12.3. The molecule has 5 heteroatoms. The van der Waals surface area contributed by atoms with Crippen molar-refractivity contribution in [3.8, 4) is 6.07 Å². The summed E-state index contributed by atoms with van der Waals surface area (Å²) in [5, 5.41) is 8.89. The molecule has 17 heavy (non-hydrogen) atoms. The first-order valence-corrected chi connectivity index (χ1v) is 7.19. The molecule has 1 N–H and O–H groups in total. The lowest BCUT2D eigenvalue weighted by atomic mass is 10.2. The Morgan fingerprint density at radius 2 is 2.00 bits per heavy atom. The van der Waals surface area contributed by atoms with Gasteiger partial charge in [-0.05, 0) is 24.3 Å². The molecule has 1 atom stereocenters. The van der Waals surface area contributed by atoms with E-state index in [1.165, 1.54) is 0 Å². The van der Waals surface area contributed by atoms with Gasteiger partial charge in [-0.2, -0.15) is 9.98 Å². The van der Waals surface area contributed by atoms with Crippen molar-refractivity contribution in [2.24, 2.45) is 5.92 Å². The minimum absolute atomic E-state index is 0.0707. The molecule has 0 amide bonds. The predicted molar refractivity (Wildman–Crippen MR) is 64.3 cm³/mol. The van der Waals surface area contributed by atoms with Gasteiger partial charge < -0.3 is 0 Å². The number of nitriles is 1. The van der Waals surface area contributed by atoms with Crippen LogP contribution >= 0.6 is 0 Å². The number of hydrogen-bond donors (Lipinski definition) is 1. The molecule has 2 rings (SSSR count). The van der Waals surface area contributed by atoms with Gasteiger partial charge in [0.15, 0.2) is 0 Å². The van der Waals surface area contributed by atoms with E-state index in [9.17, 15) is 8.42 Å². The molecule has 0 heterocycles. The van der Waals surface area contributed by atoms with Gasteiger partial charge in [-0.3, -0.25) is 0 Å². The van der Waals surface area contributed by atoms with E-state index in [2.05, 4.69) is 4.72 Å². The predicted octanol–water partition coefficient (Wildman–Crippen LogP) is 1.41. The molecule has 0 aliphatic heterocycles. The van der Waals surface area contributed by atoms with E-state index in [1.54, 1.807) is 24.3 Å². The highest BCUT2D eigenvalue weighted by Crippen LogP contribution is 2.32. The van der Waals surface area contributed by atoms with Gasteiger partial charge in [0.25, 0.3) is 0 Å². The number of nitrogens with one attached hydrogen (secondary N) is 1. The molecular weight excluding hydrogens is 236 g/mol. The number of benzene rings is 1. The van der Waals surface area contributed by atoms with Crippen LogP contribution in [0.1, 0.15) is 18.4 Å². The Morgan fingerprint density at radius 1 is 1.35 bits per heavy atom. The minimum Gasteiger partial charge on any atom is -0.212 e. The number of rotatable bonds is 5. The van der Waals surface area contributed by atoms with Crippen LogP contribution in [0.5, 0.6) is 0 Å². The van der Waals surface area contributed by atoms with E-state index in [0.717, 1.165) is 18.4 Å². The van der Waals surface area contributed by atoms with E-state index in [1.807, 2.05) is 12.1 Å². The average Bonchev–Trinajstić information content (AvgIpc) is 3.10. The summed E-state index contributed by atoms with van der Waals surface area (Å²) >= 11 is 0. The van der Waals surface area contributed by atoms with Gasteiger partial charge in [0.2, 0.25) is 10.0 Å². The van der Waals surface area contributed by atoms with Crippen molar-refractivity contribution in [3.05, 3.63) is 35.9 Å². The molecule has 0 saturated heterocycles. The molecule has 0 radical (unpaired) electrons. The van der Waals surface area contributed by atoms with Gasteiger partial charge in [-0.25, -0.2) is 8.42 Å². The Bertz CT molecular complexity index is 515. The van der Waals surface area contributed by atoms with Gasteiger partial charge in [0.1, 0.15) is 6.04 Å². The standard InChI is InChI=1S/C12H14N2O2S/c13-8-12(11-6-7-11)14-17(15,16)9-10-4-2-1-3-5-10/h1-5,11-12,14H,6-7,9H2. The summed E-state index contributed by atoms with van der Waals surface area (Å²) in [5.74, 6) is 0.129. The number of sulfonamides is 1. The SMILES string of the molecule is N#CC(NS(=O)(=O)Cc1ccccc1)C1CC1. The van der Waals surface area contributed by atoms with Crippen molar-refractivity contribution in [3.63, 3.8) is 0 Å². The first-order chi connectivity index (χ1) is 8.11. The number of hydrogen-bond acceptors (Lipinski definition) is 3. The summed E-state index contributed by atoms with van der Waals surface area (Å²) in [7, 11) is -3.42. The van der Waals surface area contributed by atoms with Crippen LogP contribution in [0.4, 0.5) is 0 Å². The van der Waals surface area contributed by atoms with E-state index in [-0.39, 0.29) is 11.7 Å². The first-order valence-electron chi connectivity index (χ1n) is 5.54. The Hall–Kier alpha value is -1.38. The molecule has 0 aromatic heterocycles. The second-order valence-electron chi connectivity index (χ2n) is 4.31. The first kappa shape index (κ1) is 12.1. The van der Waals surface area contributed by atoms with Crippen LogP contribution in [0.3, 0.4) is 0 Å². The minimum atomic E-state index is -3.42. The van der Waals surface area contributed by atoms with Crippen molar-refractivity contribution >= 4 is 10.0 Å². The van der Waals surface area contributed by atoms with Crippen molar-refractivity contribution < 1.29 is 8.42 Å². The Morgan fingerprint density at radius 3 is 2.53 bits per heavy atom. The lowest BCUT2D eigenvalue weighted by Crippen LogP contribution is -2.36. The van der Waals surface area contributed by atoms with Crippen LogP contribution in [0, 0.1) is 17.2 Å². The molecule has 1 aromatic carbocycles. The van der Waals surface area contributed by atoms with Crippen LogP contribution in [0.25, 0.3) is 0 Å². The van der Waals surface area contributed by atoms with E-state index >= 15 is 0 Å². The Labute approximate surface area is 101 Å². The largest absolute Gasteiger partial charge is 0.216 e. The molecule has 1 saturated carbocycles. The van der Waals surface area contributed by atoms with Crippen molar-refractivity contribution in [2.45, 2.75) is 24.6 Å². The summed E-state index contributed by atoms with van der Waals surface area (Å²) in [6.07, 6.45) is 1.87. The monoisotopic (exact) mass is 250 g/mol. The Balaban J connectivity index is 2.02. The topological polar surface area (TPSA) is 70.0 Å². The number of nitrogens with zero attached hydrogens (tertiary/aromatic N) is 1. The normalized spacial score (nSPS) is 17.4. The van der Waals surface area contributed by atoms with Gasteiger partial charge in [0.05, 0.1) is 11.8 Å². The van der Waals surface area contributed by atoms with E-state index < -0.39 is 16.1 Å². The third kappa shape index (κ3) is 3.55. The molecule has 1 aliphatic rings. The molecule has 0 bridgehead atoms. The van der Waals surface area contributed by atoms with Gasteiger partial charge in [0, 0.05) is 0 Å². The molecule has 1 aromatic rings. The van der Waals surface area contributed by atoms with Crippen LogP contribution < -0.4 is 4.72 Å². The maximum absolute atomic E-state index is 11.8. The highest BCUT2D eigenvalue weighted by atomic mass is 32.2. The summed E-state index contributed by atoms with van der Waals surface area (Å²) in [6.45, 7) is 0. The van der Waals surface area contributed by atoms with Crippen LogP contribution in [0.15, 0.2) is 30.3 Å². The maximum Gasteiger partial charge on any atom is 0.216 e. The van der Waals surface area contributed by atoms with Gasteiger partial charge in [-0.1, -0.05) is 30.3 Å². The summed E-state index contributed by atoms with van der Waals surface area (Å²) < 4.78 is 26.1. The zero-order valence-corrected chi connectivity index (χ0v) is 10.2. The highest BCUT2D eigenvalue weighted by molar-refractivity contribution is 7.88. The summed E-state index contributed by atoms with van der Waals surface area (Å²) in [6, 6.07) is 10.4. The van der Waals surface area contributed by atoms with Gasteiger partial charge >= 0.3 is 0 Å². The smallest absolute Gasteiger partial charge is 0.212 e. The molecule has 1 aliphatic carbocycles. The molecule has 0 spiro atoms. The average molecular weight is 250 g/mol. The van der Waals surface area contributed by atoms with E-state index in [0.29, 0.717) is 0 Å². The molecule has 4 nitrogen and oxygen atoms in total. The molecule has 90 valence electrons. The molecular formula is C12H14N2O2S. The van der Waals surface area contributed by atoms with Crippen LogP contribution in [-0.2, 0) is 15.8 Å². The van der Waals surface area contributed by atoms with E-state index in [4.69, 9.17) is 5.26 Å². The lowest BCUT2D eigenvalue weighted by Gasteiger charge is -2.10. The molecule has 1 fully saturated rings. The van der Waals surface area contributed by atoms with Crippen molar-refractivity contribution in [2.75, 3.05) is 0 Å².